The Bertz CT molecular complexity index is 549. The van der Waals surface area contributed by atoms with Gasteiger partial charge in [-0.2, -0.15) is 8.42 Å². The first-order valence-electron chi connectivity index (χ1n) is 4.54. The summed E-state index contributed by atoms with van der Waals surface area (Å²) in [5.41, 5.74) is 0. The van der Waals surface area contributed by atoms with Crippen LogP contribution in [0.5, 0.6) is 5.75 Å². The van der Waals surface area contributed by atoms with Crippen LogP contribution in [0.25, 0.3) is 0 Å². The Balaban J connectivity index is 3.13. The summed E-state index contributed by atoms with van der Waals surface area (Å²) in [6.45, 7) is 1.63. The van der Waals surface area contributed by atoms with Gasteiger partial charge in [0.15, 0.2) is 5.75 Å². The molecule has 0 unspecified atom stereocenters. The zero-order valence-corrected chi connectivity index (χ0v) is 11.3. The van der Waals surface area contributed by atoms with E-state index >= 15 is 0 Å². The van der Waals surface area contributed by atoms with Crippen molar-refractivity contribution in [1.82, 2.24) is 0 Å². The van der Waals surface area contributed by atoms with Crippen LogP contribution >= 0.6 is 23.2 Å². The maximum atomic E-state index is 12.7. The van der Waals surface area contributed by atoms with Crippen molar-refractivity contribution in [3.8, 4) is 5.75 Å². The monoisotopic (exact) mass is 316 g/mol. The second kappa shape index (κ2) is 5.73. The molecule has 0 atom stereocenters. The second-order valence-electron chi connectivity index (χ2n) is 2.94. The maximum Gasteiger partial charge on any atom is 0.513 e. The highest BCUT2D eigenvalue weighted by Gasteiger charge is 2.20. The van der Waals surface area contributed by atoms with Gasteiger partial charge in [0.05, 0.1) is 16.7 Å². The number of halogens is 3. The van der Waals surface area contributed by atoms with Crippen LogP contribution in [0.15, 0.2) is 17.0 Å². The van der Waals surface area contributed by atoms with Crippen molar-refractivity contribution in [2.75, 3.05) is 6.61 Å². The fraction of sp³-hybridized carbons (Fsp3) is 0.222. The lowest BCUT2D eigenvalue weighted by molar-refractivity contribution is 0.104. The average Bonchev–Trinajstić information content (AvgIpc) is 2.22. The number of hydrogen-bond donors (Lipinski definition) is 0. The van der Waals surface area contributed by atoms with E-state index in [1.165, 1.54) is 0 Å². The molecular weight excluding hydrogens is 310 g/mol. The third-order valence-corrected chi connectivity index (χ3v) is 3.06. The largest absolute Gasteiger partial charge is 0.513 e. The highest BCUT2D eigenvalue weighted by molar-refractivity contribution is 7.86. The van der Waals surface area contributed by atoms with E-state index in [0.717, 1.165) is 12.1 Å². The van der Waals surface area contributed by atoms with Crippen LogP contribution in [0, 0.1) is 0 Å². The van der Waals surface area contributed by atoms with Gasteiger partial charge in [0.2, 0.25) is 0 Å². The van der Waals surface area contributed by atoms with Gasteiger partial charge in [-0.15, -0.1) is 3.89 Å². The molecule has 1 aromatic carbocycles. The predicted molar refractivity (Wildman–Crippen MR) is 62.4 cm³/mol. The van der Waals surface area contributed by atoms with Gasteiger partial charge in [-0.25, -0.2) is 4.79 Å². The number of hydrogen-bond acceptors (Lipinski definition) is 5. The Kier molecular flexibility index (Phi) is 4.78. The van der Waals surface area contributed by atoms with Gasteiger partial charge in [-0.1, -0.05) is 23.2 Å². The van der Waals surface area contributed by atoms with E-state index in [9.17, 15) is 17.1 Å². The molecule has 1 rings (SSSR count). The normalized spacial score (nSPS) is 11.1. The SMILES string of the molecule is CCOC(=O)Oc1c(Cl)cc(S(=O)(=O)F)cc1Cl. The van der Waals surface area contributed by atoms with E-state index in [1.807, 2.05) is 0 Å². The van der Waals surface area contributed by atoms with Crippen LogP contribution in [-0.4, -0.2) is 21.2 Å². The number of carbonyl (C=O) groups is 1. The van der Waals surface area contributed by atoms with Crippen LogP contribution in [0.1, 0.15) is 6.92 Å². The first kappa shape index (κ1) is 15.0. The quantitative estimate of drug-likeness (QED) is 0.486. The molecule has 5 nitrogen and oxygen atoms in total. The molecule has 0 saturated heterocycles. The van der Waals surface area contributed by atoms with E-state index in [-0.39, 0.29) is 22.4 Å². The fourth-order valence-electron chi connectivity index (χ4n) is 1.01. The zero-order valence-electron chi connectivity index (χ0n) is 8.95. The Hall–Kier alpha value is -1.05. The summed E-state index contributed by atoms with van der Waals surface area (Å²) in [4.78, 5) is 10.3. The van der Waals surface area contributed by atoms with Crippen molar-refractivity contribution in [2.24, 2.45) is 0 Å². The lowest BCUT2D eigenvalue weighted by Crippen LogP contribution is -2.11. The first-order chi connectivity index (χ1) is 8.25. The van der Waals surface area contributed by atoms with Crippen molar-refractivity contribution in [2.45, 2.75) is 11.8 Å². The summed E-state index contributed by atoms with van der Waals surface area (Å²) in [5, 5.41) is -0.654. The summed E-state index contributed by atoms with van der Waals surface area (Å²) in [5.74, 6) is -0.302. The molecule has 0 radical (unpaired) electrons. The van der Waals surface area contributed by atoms with Crippen LogP contribution in [0.3, 0.4) is 0 Å². The minimum absolute atomic E-state index is 0.0744. The smallest absolute Gasteiger partial charge is 0.434 e. The van der Waals surface area contributed by atoms with E-state index in [0.29, 0.717) is 0 Å². The summed E-state index contributed by atoms with van der Waals surface area (Å²) in [7, 11) is -4.94. The predicted octanol–water partition coefficient (Wildman–Crippen LogP) is 3.19. The number of benzene rings is 1. The summed E-state index contributed by atoms with van der Waals surface area (Å²) < 4.78 is 43.2. The molecule has 18 heavy (non-hydrogen) atoms. The molecule has 0 aromatic heterocycles. The van der Waals surface area contributed by atoms with E-state index in [2.05, 4.69) is 9.47 Å². The molecular formula is C9H7Cl2FO5S. The Morgan fingerprint density at radius 3 is 2.22 bits per heavy atom. The first-order valence-corrected chi connectivity index (χ1v) is 6.68. The molecule has 9 heteroatoms. The van der Waals surface area contributed by atoms with Crippen LogP contribution in [-0.2, 0) is 15.0 Å². The third kappa shape index (κ3) is 3.72. The summed E-state index contributed by atoms with van der Waals surface area (Å²) in [6.07, 6.45) is -1.06. The molecule has 0 aliphatic rings. The van der Waals surface area contributed by atoms with Gasteiger partial charge >= 0.3 is 16.4 Å². The molecule has 0 saturated carbocycles. The van der Waals surface area contributed by atoms with E-state index in [4.69, 9.17) is 23.2 Å². The second-order valence-corrected chi connectivity index (χ2v) is 5.10. The molecule has 100 valence electrons. The summed E-state index contributed by atoms with van der Waals surface area (Å²) in [6, 6.07) is 1.55. The van der Waals surface area contributed by atoms with Gasteiger partial charge in [0.25, 0.3) is 0 Å². The molecule has 0 heterocycles. The zero-order chi connectivity index (χ0) is 13.9. The lowest BCUT2D eigenvalue weighted by atomic mass is 10.3. The van der Waals surface area contributed by atoms with Crippen molar-refractivity contribution in [3.63, 3.8) is 0 Å². The minimum Gasteiger partial charge on any atom is -0.434 e. The topological polar surface area (TPSA) is 69.7 Å². The van der Waals surface area contributed by atoms with Gasteiger partial charge in [0.1, 0.15) is 4.90 Å². The molecule has 0 spiro atoms. The average molecular weight is 317 g/mol. The Morgan fingerprint density at radius 1 is 1.33 bits per heavy atom. The number of carbonyl (C=O) groups excluding carboxylic acids is 1. The maximum absolute atomic E-state index is 12.7. The highest BCUT2D eigenvalue weighted by atomic mass is 35.5. The van der Waals surface area contributed by atoms with Gasteiger partial charge in [-0.05, 0) is 19.1 Å². The van der Waals surface area contributed by atoms with E-state index < -0.39 is 21.3 Å². The molecule has 0 amide bonds. The van der Waals surface area contributed by atoms with Crippen molar-refractivity contribution in [1.29, 1.82) is 0 Å². The van der Waals surface area contributed by atoms with Crippen LogP contribution in [0.2, 0.25) is 10.0 Å². The van der Waals surface area contributed by atoms with Crippen LogP contribution in [0.4, 0.5) is 8.68 Å². The highest BCUT2D eigenvalue weighted by Crippen LogP contribution is 2.36. The molecule has 0 aliphatic carbocycles. The molecule has 0 fully saturated rings. The minimum atomic E-state index is -4.94. The van der Waals surface area contributed by atoms with Crippen molar-refractivity contribution in [3.05, 3.63) is 22.2 Å². The Morgan fingerprint density at radius 2 is 1.83 bits per heavy atom. The summed E-state index contributed by atoms with van der Waals surface area (Å²) >= 11 is 11.3. The van der Waals surface area contributed by atoms with Crippen LogP contribution < -0.4 is 4.74 Å². The molecule has 1 aromatic rings. The lowest BCUT2D eigenvalue weighted by Gasteiger charge is -2.08. The van der Waals surface area contributed by atoms with Gasteiger partial charge in [-0.3, -0.25) is 0 Å². The fourth-order valence-corrected chi connectivity index (χ4v) is 2.22. The Labute approximate surface area is 113 Å². The van der Waals surface area contributed by atoms with Gasteiger partial charge in [0, 0.05) is 0 Å². The van der Waals surface area contributed by atoms with Crippen molar-refractivity contribution < 1.29 is 26.6 Å². The van der Waals surface area contributed by atoms with Gasteiger partial charge < -0.3 is 9.47 Å². The molecule has 0 bridgehead atoms. The standard InChI is InChI=1S/C9H7Cl2FO5S/c1-2-16-9(13)17-8-6(10)3-5(4-7(8)11)18(12,14)15/h3-4H,2H2,1H3. The molecule has 0 N–H and O–H groups in total. The van der Waals surface area contributed by atoms with Crippen molar-refractivity contribution >= 4 is 39.6 Å². The van der Waals surface area contributed by atoms with E-state index in [1.54, 1.807) is 6.92 Å². The molecule has 0 aliphatic heterocycles. The number of rotatable bonds is 3. The third-order valence-electron chi connectivity index (χ3n) is 1.70. The number of ether oxygens (including phenoxy) is 2.